The van der Waals surface area contributed by atoms with Gasteiger partial charge in [0.25, 0.3) is 0 Å². The molecular formula is C18H23ClN2O3. The molecule has 130 valence electrons. The van der Waals surface area contributed by atoms with Gasteiger partial charge in [0.05, 0.1) is 0 Å². The van der Waals surface area contributed by atoms with Crippen LogP contribution < -0.4 is 10.1 Å². The summed E-state index contributed by atoms with van der Waals surface area (Å²) in [6.07, 6.45) is 5.71. The van der Waals surface area contributed by atoms with E-state index in [2.05, 4.69) is 10.2 Å². The van der Waals surface area contributed by atoms with Crippen LogP contribution in [0.25, 0.3) is 6.08 Å². The van der Waals surface area contributed by atoms with E-state index in [1.165, 1.54) is 32.9 Å². The average Bonchev–Trinajstić information content (AvgIpc) is 2.55. The number of carbonyl (C=O) groups is 2. The van der Waals surface area contributed by atoms with Crippen LogP contribution in [0.15, 0.2) is 30.3 Å². The highest BCUT2D eigenvalue weighted by molar-refractivity contribution is 5.92. The number of piperidine rings is 3. The van der Waals surface area contributed by atoms with E-state index in [1.807, 2.05) is 12.1 Å². The summed E-state index contributed by atoms with van der Waals surface area (Å²) < 4.78 is 4.98. The number of esters is 1. The molecule has 0 spiro atoms. The largest absolute Gasteiger partial charge is 0.427 e. The fraction of sp³-hybridized carbons (Fsp3) is 0.444. The molecule has 0 aliphatic carbocycles. The van der Waals surface area contributed by atoms with Gasteiger partial charge in [-0.3, -0.25) is 9.59 Å². The second kappa shape index (κ2) is 8.31. The lowest BCUT2D eigenvalue weighted by atomic mass is 9.84. The molecule has 0 aromatic heterocycles. The van der Waals surface area contributed by atoms with Crippen LogP contribution in [0.2, 0.25) is 0 Å². The maximum Gasteiger partial charge on any atom is 0.308 e. The van der Waals surface area contributed by atoms with Crippen LogP contribution in [0.3, 0.4) is 0 Å². The number of carbonyl (C=O) groups excluding carboxylic acids is 2. The molecule has 1 N–H and O–H groups in total. The lowest BCUT2D eigenvalue weighted by Crippen LogP contribution is -2.57. The van der Waals surface area contributed by atoms with Crippen molar-refractivity contribution in [3.8, 4) is 5.75 Å². The number of ether oxygens (including phenoxy) is 1. The standard InChI is InChI=1S/C18H22N2O3.ClH/c1-13(21)23-16-5-2-14(3-6-16)4-7-18(22)19-17-12-20-10-8-15(17)9-11-20;/h2-7,15,17H,8-12H2,1H3,(H,19,22);1H. The van der Waals surface area contributed by atoms with Gasteiger partial charge in [0.15, 0.2) is 0 Å². The normalized spacial score (nSPS) is 25.1. The number of nitrogens with zero attached hydrogens (tertiary/aromatic N) is 1. The lowest BCUT2D eigenvalue weighted by Gasteiger charge is -2.44. The minimum Gasteiger partial charge on any atom is -0.427 e. The number of nitrogens with one attached hydrogen (secondary N) is 1. The molecule has 0 radical (unpaired) electrons. The molecule has 5 nitrogen and oxygen atoms in total. The minimum absolute atomic E-state index is 0. The Bertz CT molecular complexity index is 607. The third kappa shape index (κ3) is 4.82. The van der Waals surface area contributed by atoms with Gasteiger partial charge < -0.3 is 15.0 Å². The van der Waals surface area contributed by atoms with E-state index in [1.54, 1.807) is 24.3 Å². The van der Waals surface area contributed by atoms with Gasteiger partial charge in [0.2, 0.25) is 5.91 Å². The zero-order valence-corrected chi connectivity index (χ0v) is 14.6. The van der Waals surface area contributed by atoms with Crippen LogP contribution in [0.5, 0.6) is 5.75 Å². The van der Waals surface area contributed by atoms with Crippen LogP contribution in [-0.2, 0) is 9.59 Å². The number of benzene rings is 1. The lowest BCUT2D eigenvalue weighted by molar-refractivity contribution is -0.131. The van der Waals surface area contributed by atoms with Crippen molar-refractivity contribution < 1.29 is 14.3 Å². The van der Waals surface area contributed by atoms with E-state index < -0.39 is 0 Å². The van der Waals surface area contributed by atoms with Gasteiger partial charge in [-0.15, -0.1) is 12.4 Å². The Morgan fingerprint density at radius 3 is 2.42 bits per heavy atom. The Hall–Kier alpha value is -1.85. The van der Waals surface area contributed by atoms with Crippen molar-refractivity contribution in [3.05, 3.63) is 35.9 Å². The van der Waals surface area contributed by atoms with E-state index in [0.29, 0.717) is 11.7 Å². The first-order valence-electron chi connectivity index (χ1n) is 8.09. The maximum absolute atomic E-state index is 12.1. The van der Waals surface area contributed by atoms with Crippen LogP contribution >= 0.6 is 12.4 Å². The van der Waals surface area contributed by atoms with Gasteiger partial charge in [-0.1, -0.05) is 12.1 Å². The number of halogens is 1. The monoisotopic (exact) mass is 350 g/mol. The van der Waals surface area contributed by atoms with Crippen molar-refractivity contribution in [2.24, 2.45) is 5.92 Å². The molecule has 3 aliphatic rings. The third-order valence-electron chi connectivity index (χ3n) is 4.55. The molecule has 1 aromatic rings. The van der Waals surface area contributed by atoms with Crippen LogP contribution in [0, 0.1) is 5.92 Å². The van der Waals surface area contributed by atoms with E-state index >= 15 is 0 Å². The van der Waals surface area contributed by atoms with Gasteiger partial charge in [-0.25, -0.2) is 0 Å². The summed E-state index contributed by atoms with van der Waals surface area (Å²) in [6, 6.07) is 7.34. The molecule has 4 rings (SSSR count). The van der Waals surface area contributed by atoms with Crippen molar-refractivity contribution in [2.75, 3.05) is 19.6 Å². The van der Waals surface area contributed by atoms with E-state index in [9.17, 15) is 9.59 Å². The second-order valence-corrected chi connectivity index (χ2v) is 6.25. The molecule has 1 unspecified atom stereocenters. The highest BCUT2D eigenvalue weighted by Gasteiger charge is 2.34. The van der Waals surface area contributed by atoms with E-state index in [0.717, 1.165) is 12.1 Å². The highest BCUT2D eigenvalue weighted by Crippen LogP contribution is 2.27. The van der Waals surface area contributed by atoms with Crippen molar-refractivity contribution in [2.45, 2.75) is 25.8 Å². The van der Waals surface area contributed by atoms with Crippen LogP contribution in [-0.4, -0.2) is 42.5 Å². The number of hydrogen-bond acceptors (Lipinski definition) is 4. The molecule has 6 heteroatoms. The SMILES string of the molecule is CC(=O)Oc1ccc(C=CC(=O)NC2CN3CCC2CC3)cc1.Cl. The van der Waals surface area contributed by atoms with Gasteiger partial charge >= 0.3 is 5.97 Å². The predicted octanol–water partition coefficient (Wildman–Crippen LogP) is 2.26. The topological polar surface area (TPSA) is 58.6 Å². The number of hydrogen-bond donors (Lipinski definition) is 1. The third-order valence-corrected chi connectivity index (χ3v) is 4.55. The molecule has 3 saturated heterocycles. The van der Waals surface area contributed by atoms with Gasteiger partial charge in [-0.2, -0.15) is 0 Å². The molecule has 1 amide bonds. The number of amides is 1. The zero-order chi connectivity index (χ0) is 16.2. The first-order chi connectivity index (χ1) is 11.1. The quantitative estimate of drug-likeness (QED) is 0.514. The molecule has 1 aromatic carbocycles. The Morgan fingerprint density at radius 2 is 1.88 bits per heavy atom. The van der Waals surface area contributed by atoms with E-state index in [-0.39, 0.29) is 30.3 Å². The highest BCUT2D eigenvalue weighted by atomic mass is 35.5. The maximum atomic E-state index is 12.1. The molecule has 3 heterocycles. The van der Waals surface area contributed by atoms with Gasteiger partial charge in [0, 0.05) is 25.6 Å². The summed E-state index contributed by atoms with van der Waals surface area (Å²) in [5.74, 6) is 0.741. The van der Waals surface area contributed by atoms with Crippen molar-refractivity contribution in [1.82, 2.24) is 10.2 Å². The minimum atomic E-state index is -0.342. The fourth-order valence-corrected chi connectivity index (χ4v) is 3.34. The van der Waals surface area contributed by atoms with Crippen molar-refractivity contribution in [3.63, 3.8) is 0 Å². The Morgan fingerprint density at radius 1 is 1.21 bits per heavy atom. The Balaban J connectivity index is 0.00000208. The first-order valence-corrected chi connectivity index (χ1v) is 8.09. The zero-order valence-electron chi connectivity index (χ0n) is 13.7. The second-order valence-electron chi connectivity index (χ2n) is 6.25. The smallest absolute Gasteiger partial charge is 0.308 e. The number of rotatable bonds is 4. The summed E-state index contributed by atoms with van der Waals surface area (Å²) in [4.78, 5) is 25.4. The molecule has 3 aliphatic heterocycles. The summed E-state index contributed by atoms with van der Waals surface area (Å²) >= 11 is 0. The molecular weight excluding hydrogens is 328 g/mol. The van der Waals surface area contributed by atoms with Gasteiger partial charge in [-0.05, 0) is 55.6 Å². The number of fused-ring (bicyclic) bond motifs is 3. The molecule has 3 fully saturated rings. The molecule has 2 bridgehead atoms. The molecule has 24 heavy (non-hydrogen) atoms. The summed E-state index contributed by atoms with van der Waals surface area (Å²) in [7, 11) is 0. The molecule has 1 atom stereocenters. The Kier molecular flexibility index (Phi) is 6.40. The Labute approximate surface area is 148 Å². The molecule has 0 saturated carbocycles. The summed E-state index contributed by atoms with van der Waals surface area (Å²) in [5.41, 5.74) is 0.893. The van der Waals surface area contributed by atoms with Crippen LogP contribution in [0.4, 0.5) is 0 Å². The van der Waals surface area contributed by atoms with Crippen molar-refractivity contribution >= 4 is 30.4 Å². The summed E-state index contributed by atoms with van der Waals surface area (Å²) in [5, 5.41) is 3.12. The van der Waals surface area contributed by atoms with Crippen LogP contribution in [0.1, 0.15) is 25.3 Å². The first kappa shape index (κ1) is 18.5. The van der Waals surface area contributed by atoms with E-state index in [4.69, 9.17) is 4.74 Å². The fourth-order valence-electron chi connectivity index (χ4n) is 3.34. The van der Waals surface area contributed by atoms with Gasteiger partial charge in [0.1, 0.15) is 5.75 Å². The van der Waals surface area contributed by atoms with Crippen molar-refractivity contribution in [1.29, 1.82) is 0 Å². The average molecular weight is 351 g/mol. The summed E-state index contributed by atoms with van der Waals surface area (Å²) in [6.45, 7) is 4.68. The predicted molar refractivity (Wildman–Crippen MR) is 95.1 cm³/mol.